The maximum atomic E-state index is 13.3. The number of hydrogen-bond acceptors (Lipinski definition) is 2. The van der Waals surface area contributed by atoms with E-state index in [0.717, 1.165) is 6.07 Å². The van der Waals surface area contributed by atoms with Gasteiger partial charge >= 0.3 is 0 Å². The highest BCUT2D eigenvalue weighted by Crippen LogP contribution is 2.19. The smallest absolute Gasteiger partial charge is 0.272 e. The second kappa shape index (κ2) is 4.97. The maximum absolute atomic E-state index is 13.3. The van der Waals surface area contributed by atoms with Crippen molar-refractivity contribution < 1.29 is 18.0 Å². The molecule has 0 aliphatic carbocycles. The molecule has 2 aromatic rings. The number of halogens is 3. The molecule has 0 saturated carbocycles. The monoisotopic (exact) mass is 268 g/mol. The number of hydrogen-bond donors (Lipinski definition) is 2. The van der Waals surface area contributed by atoms with Gasteiger partial charge in [0, 0.05) is 6.07 Å². The summed E-state index contributed by atoms with van der Waals surface area (Å²) in [5, 5.41) is 2.03. The topological polar surface area (TPSA) is 62.0 Å². The van der Waals surface area contributed by atoms with Gasteiger partial charge in [-0.1, -0.05) is 6.07 Å². The fourth-order valence-corrected chi connectivity index (χ4v) is 1.39. The Bertz CT molecular complexity index is 698. The molecule has 0 aliphatic rings. The summed E-state index contributed by atoms with van der Waals surface area (Å²) in [7, 11) is 0. The van der Waals surface area contributed by atoms with Gasteiger partial charge in [0.25, 0.3) is 5.91 Å². The molecule has 0 atom stereocenters. The zero-order valence-electron chi connectivity index (χ0n) is 9.34. The lowest BCUT2D eigenvalue weighted by atomic mass is 10.2. The summed E-state index contributed by atoms with van der Waals surface area (Å²) in [6, 6.07) is 5.37. The Balaban J connectivity index is 2.29. The number of rotatable bonds is 2. The summed E-state index contributed by atoms with van der Waals surface area (Å²) in [5.74, 6) is -5.39. The van der Waals surface area contributed by atoms with Gasteiger partial charge in [-0.2, -0.15) is 0 Å². The Hall–Kier alpha value is -2.57. The van der Waals surface area contributed by atoms with E-state index in [1.165, 1.54) is 18.2 Å². The van der Waals surface area contributed by atoms with Gasteiger partial charge in [0.1, 0.15) is 5.69 Å². The predicted molar refractivity (Wildman–Crippen MR) is 61.3 cm³/mol. The third-order valence-electron chi connectivity index (χ3n) is 2.30. The average molecular weight is 268 g/mol. The van der Waals surface area contributed by atoms with Crippen molar-refractivity contribution in [3.8, 4) is 0 Å². The summed E-state index contributed by atoms with van der Waals surface area (Å²) in [5.41, 5.74) is -1.16. The van der Waals surface area contributed by atoms with Crippen LogP contribution in [0, 0.1) is 17.5 Å². The first kappa shape index (κ1) is 12.9. The van der Waals surface area contributed by atoms with Crippen LogP contribution in [-0.2, 0) is 0 Å². The lowest BCUT2D eigenvalue weighted by molar-refractivity contribution is 0.102. The highest BCUT2D eigenvalue weighted by Gasteiger charge is 2.16. The molecule has 7 heteroatoms. The van der Waals surface area contributed by atoms with E-state index in [4.69, 9.17) is 0 Å². The molecule has 0 unspecified atom stereocenters. The van der Waals surface area contributed by atoms with Crippen molar-refractivity contribution in [1.82, 2.24) is 4.98 Å². The number of carbonyl (C=O) groups is 1. The van der Waals surface area contributed by atoms with Crippen molar-refractivity contribution in [2.75, 3.05) is 5.32 Å². The van der Waals surface area contributed by atoms with Crippen LogP contribution in [0.4, 0.5) is 18.9 Å². The predicted octanol–water partition coefficient (Wildman–Crippen LogP) is 2.04. The van der Waals surface area contributed by atoms with Gasteiger partial charge in [-0.15, -0.1) is 0 Å². The zero-order chi connectivity index (χ0) is 14.0. The molecule has 1 aromatic heterocycles. The molecule has 0 aliphatic heterocycles. The Morgan fingerprint density at radius 2 is 1.79 bits per heavy atom. The molecule has 0 fully saturated rings. The number of benzene rings is 1. The van der Waals surface area contributed by atoms with E-state index in [9.17, 15) is 22.8 Å². The molecule has 2 N–H and O–H groups in total. The minimum Gasteiger partial charge on any atom is -0.318 e. The number of pyridine rings is 1. The van der Waals surface area contributed by atoms with Crippen molar-refractivity contribution in [1.29, 1.82) is 0 Å². The van der Waals surface area contributed by atoms with Gasteiger partial charge in [0.2, 0.25) is 5.56 Å². The fourth-order valence-electron chi connectivity index (χ4n) is 1.39. The van der Waals surface area contributed by atoms with E-state index in [0.29, 0.717) is 6.07 Å². The molecule has 2 rings (SSSR count). The molecule has 19 heavy (non-hydrogen) atoms. The molecule has 1 amide bonds. The molecule has 1 heterocycles. The van der Waals surface area contributed by atoms with E-state index in [1.807, 2.05) is 5.32 Å². The van der Waals surface area contributed by atoms with Crippen LogP contribution in [0.2, 0.25) is 0 Å². The Labute approximate surface area is 104 Å². The standard InChI is InChI=1S/C12H7F3N2O2/c13-6-4-5-7(11(15)10(6)14)17-12(19)8-2-1-3-9(18)16-8/h1-5H,(H,16,18)(H,17,19). The van der Waals surface area contributed by atoms with Gasteiger partial charge in [-0.3, -0.25) is 9.59 Å². The highest BCUT2D eigenvalue weighted by molar-refractivity contribution is 6.02. The first-order valence-electron chi connectivity index (χ1n) is 5.13. The number of H-pyrrole nitrogens is 1. The maximum Gasteiger partial charge on any atom is 0.272 e. The van der Waals surface area contributed by atoms with Gasteiger partial charge in [0.15, 0.2) is 17.5 Å². The van der Waals surface area contributed by atoms with Gasteiger partial charge in [-0.25, -0.2) is 13.2 Å². The van der Waals surface area contributed by atoms with Gasteiger partial charge in [-0.05, 0) is 18.2 Å². The van der Waals surface area contributed by atoms with E-state index in [-0.39, 0.29) is 5.69 Å². The molecule has 0 bridgehead atoms. The van der Waals surface area contributed by atoms with Crippen LogP contribution in [0.5, 0.6) is 0 Å². The van der Waals surface area contributed by atoms with Crippen molar-refractivity contribution in [3.63, 3.8) is 0 Å². The number of carbonyl (C=O) groups excluding carboxylic acids is 1. The first-order valence-corrected chi connectivity index (χ1v) is 5.13. The Kier molecular flexibility index (Phi) is 3.37. The van der Waals surface area contributed by atoms with Crippen LogP contribution in [0.1, 0.15) is 10.5 Å². The fraction of sp³-hybridized carbons (Fsp3) is 0. The van der Waals surface area contributed by atoms with Gasteiger partial charge in [0.05, 0.1) is 5.69 Å². The van der Waals surface area contributed by atoms with E-state index >= 15 is 0 Å². The zero-order valence-corrected chi connectivity index (χ0v) is 9.34. The Morgan fingerprint density at radius 3 is 2.47 bits per heavy atom. The van der Waals surface area contributed by atoms with Crippen molar-refractivity contribution in [2.24, 2.45) is 0 Å². The van der Waals surface area contributed by atoms with Gasteiger partial charge < -0.3 is 10.3 Å². The summed E-state index contributed by atoms with van der Waals surface area (Å²) in [4.78, 5) is 24.9. The van der Waals surface area contributed by atoms with Crippen LogP contribution < -0.4 is 10.9 Å². The van der Waals surface area contributed by atoms with E-state index in [1.54, 1.807) is 0 Å². The number of anilines is 1. The normalized spacial score (nSPS) is 10.3. The van der Waals surface area contributed by atoms with Crippen molar-refractivity contribution in [3.05, 3.63) is 63.8 Å². The molecule has 0 saturated heterocycles. The lowest BCUT2D eigenvalue weighted by Crippen LogP contribution is -2.18. The third kappa shape index (κ3) is 2.65. The molecular weight excluding hydrogens is 261 g/mol. The van der Waals surface area contributed by atoms with Crippen LogP contribution >= 0.6 is 0 Å². The lowest BCUT2D eigenvalue weighted by Gasteiger charge is -2.06. The van der Waals surface area contributed by atoms with E-state index in [2.05, 4.69) is 4.98 Å². The van der Waals surface area contributed by atoms with Crippen LogP contribution in [0.15, 0.2) is 35.1 Å². The van der Waals surface area contributed by atoms with Crippen LogP contribution in [0.3, 0.4) is 0 Å². The average Bonchev–Trinajstić information content (AvgIpc) is 2.39. The molecule has 0 spiro atoms. The van der Waals surface area contributed by atoms with Crippen LogP contribution in [-0.4, -0.2) is 10.9 Å². The largest absolute Gasteiger partial charge is 0.318 e. The minimum absolute atomic E-state index is 0.128. The molecular formula is C12H7F3N2O2. The summed E-state index contributed by atoms with van der Waals surface area (Å²) in [6.45, 7) is 0. The Morgan fingerprint density at radius 1 is 1.05 bits per heavy atom. The molecule has 98 valence electrons. The SMILES string of the molecule is O=C(Nc1ccc(F)c(F)c1F)c1cccc(=O)[nH]1. The van der Waals surface area contributed by atoms with Crippen LogP contribution in [0.25, 0.3) is 0 Å². The molecule has 4 nitrogen and oxygen atoms in total. The van der Waals surface area contributed by atoms with E-state index < -0.39 is 34.6 Å². The summed E-state index contributed by atoms with van der Waals surface area (Å²) in [6.07, 6.45) is 0. The second-order valence-electron chi connectivity index (χ2n) is 3.61. The first-order chi connectivity index (χ1) is 8.99. The minimum atomic E-state index is -1.68. The van der Waals surface area contributed by atoms with Crippen molar-refractivity contribution >= 4 is 11.6 Å². The molecule has 1 aromatic carbocycles. The number of aromatic amines is 1. The third-order valence-corrected chi connectivity index (χ3v) is 2.30. The molecule has 0 radical (unpaired) electrons. The van der Waals surface area contributed by atoms with Crippen molar-refractivity contribution in [2.45, 2.75) is 0 Å². The summed E-state index contributed by atoms with van der Waals surface area (Å²) >= 11 is 0. The highest BCUT2D eigenvalue weighted by atomic mass is 19.2. The second-order valence-corrected chi connectivity index (χ2v) is 3.61. The number of amides is 1. The number of aromatic nitrogens is 1. The summed E-state index contributed by atoms with van der Waals surface area (Å²) < 4.78 is 39.0. The quantitative estimate of drug-likeness (QED) is 0.819. The number of nitrogens with one attached hydrogen (secondary N) is 2.